The summed E-state index contributed by atoms with van der Waals surface area (Å²) >= 11 is 0. The molecule has 2 N–H and O–H groups in total. The molecule has 5 rings (SSSR count). The maximum Gasteiger partial charge on any atom is 0.247 e. The van der Waals surface area contributed by atoms with Crippen LogP contribution in [0.4, 0.5) is 5.69 Å². The normalized spacial score (nSPS) is 19.0. The van der Waals surface area contributed by atoms with Gasteiger partial charge < -0.3 is 19.5 Å². The van der Waals surface area contributed by atoms with E-state index in [4.69, 9.17) is 4.42 Å². The van der Waals surface area contributed by atoms with Gasteiger partial charge in [-0.15, -0.1) is 0 Å². The van der Waals surface area contributed by atoms with Gasteiger partial charge >= 0.3 is 0 Å². The Labute approximate surface area is 228 Å². The number of anilines is 1. The Morgan fingerprint density at radius 2 is 1.87 bits per heavy atom. The van der Waals surface area contributed by atoms with Crippen LogP contribution in [0.5, 0.6) is 0 Å². The fraction of sp³-hybridized carbons (Fsp3) is 0.400. The van der Waals surface area contributed by atoms with Crippen LogP contribution in [0, 0.1) is 18.4 Å². The molecule has 1 aromatic heterocycles. The Morgan fingerprint density at radius 3 is 2.64 bits per heavy atom. The van der Waals surface area contributed by atoms with Crippen LogP contribution in [-0.4, -0.2) is 59.8 Å². The van der Waals surface area contributed by atoms with Gasteiger partial charge in [-0.2, -0.15) is 5.26 Å². The van der Waals surface area contributed by atoms with Crippen LogP contribution in [0.25, 0.3) is 11.0 Å². The van der Waals surface area contributed by atoms with E-state index in [1.54, 1.807) is 4.90 Å². The second-order valence-electron chi connectivity index (χ2n) is 10.3. The van der Waals surface area contributed by atoms with Crippen LogP contribution in [0.1, 0.15) is 49.3 Å². The molecule has 0 bridgehead atoms. The number of nitrogens with zero attached hydrogens (tertiary/aromatic N) is 4. The fourth-order valence-corrected chi connectivity index (χ4v) is 5.51. The number of hydrogen-bond donors (Lipinski definition) is 2. The number of fused-ring (bicyclic) bond motifs is 1. The predicted molar refractivity (Wildman–Crippen MR) is 150 cm³/mol. The van der Waals surface area contributed by atoms with Gasteiger partial charge in [-0.3, -0.25) is 14.9 Å². The van der Waals surface area contributed by atoms with Gasteiger partial charge in [0, 0.05) is 30.7 Å². The van der Waals surface area contributed by atoms with Crippen molar-refractivity contribution in [1.29, 1.82) is 5.26 Å². The summed E-state index contributed by atoms with van der Waals surface area (Å²) in [7, 11) is 0. The molecule has 2 amide bonds. The topological polar surface area (TPSA) is 114 Å². The van der Waals surface area contributed by atoms with Crippen LogP contribution in [0.3, 0.4) is 0 Å². The van der Waals surface area contributed by atoms with E-state index in [9.17, 15) is 14.9 Å². The van der Waals surface area contributed by atoms with Crippen LogP contribution >= 0.6 is 0 Å². The minimum Gasteiger partial charge on any atom is -0.461 e. The molecule has 9 nitrogen and oxygen atoms in total. The highest BCUT2D eigenvalue weighted by Gasteiger charge is 2.31. The Balaban J connectivity index is 1.23. The molecule has 9 heteroatoms. The van der Waals surface area contributed by atoms with Gasteiger partial charge in [0.15, 0.2) is 6.19 Å². The molecule has 0 spiro atoms. The third-order valence-electron chi connectivity index (χ3n) is 7.56. The second kappa shape index (κ2) is 12.0. The predicted octanol–water partition coefficient (Wildman–Crippen LogP) is 4.37. The van der Waals surface area contributed by atoms with Crippen LogP contribution < -0.4 is 10.6 Å². The van der Waals surface area contributed by atoms with Crippen LogP contribution in [0.15, 0.2) is 64.0 Å². The van der Waals surface area contributed by atoms with Crippen molar-refractivity contribution in [2.75, 3.05) is 31.5 Å². The first kappa shape index (κ1) is 26.3. The summed E-state index contributed by atoms with van der Waals surface area (Å²) in [6.07, 6.45) is 5.94. The van der Waals surface area contributed by atoms with Crippen molar-refractivity contribution in [2.45, 2.75) is 51.0 Å². The van der Waals surface area contributed by atoms with Crippen LogP contribution in [-0.2, 0) is 9.59 Å². The lowest BCUT2D eigenvalue weighted by molar-refractivity contribution is -0.141. The van der Waals surface area contributed by atoms with E-state index in [-0.39, 0.29) is 24.3 Å². The number of likely N-dealkylation sites (tertiary alicyclic amines) is 2. The van der Waals surface area contributed by atoms with Gasteiger partial charge in [0.05, 0.1) is 6.54 Å². The lowest BCUT2D eigenvalue weighted by Gasteiger charge is -2.34. The van der Waals surface area contributed by atoms with Crippen molar-refractivity contribution < 1.29 is 14.0 Å². The maximum absolute atomic E-state index is 13.5. The molecule has 1 unspecified atom stereocenters. The summed E-state index contributed by atoms with van der Waals surface area (Å²) in [6.45, 7) is 3.87. The Morgan fingerprint density at radius 1 is 1.08 bits per heavy atom. The third kappa shape index (κ3) is 6.40. The zero-order valence-electron chi connectivity index (χ0n) is 22.2. The van der Waals surface area contributed by atoms with Crippen molar-refractivity contribution in [2.24, 2.45) is 4.99 Å². The van der Waals surface area contributed by atoms with E-state index in [1.165, 1.54) is 5.56 Å². The Bertz CT molecular complexity index is 1380. The molecule has 0 saturated carbocycles. The van der Waals surface area contributed by atoms with E-state index < -0.39 is 6.04 Å². The maximum atomic E-state index is 13.5. The average molecular weight is 527 g/mol. The molecule has 3 aromatic rings. The zero-order valence-corrected chi connectivity index (χ0v) is 22.2. The number of carbonyl (C=O) groups is 2. The quantitative estimate of drug-likeness (QED) is 0.221. The Hall–Kier alpha value is -4.32. The van der Waals surface area contributed by atoms with Crippen molar-refractivity contribution in [1.82, 2.24) is 15.1 Å². The number of aliphatic imine (C=N–C) groups is 1. The van der Waals surface area contributed by atoms with Gasteiger partial charge in [-0.25, -0.2) is 4.99 Å². The van der Waals surface area contributed by atoms with E-state index in [1.807, 2.05) is 48.3 Å². The Kier molecular flexibility index (Phi) is 8.11. The molecule has 0 aliphatic carbocycles. The van der Waals surface area contributed by atoms with Gasteiger partial charge in [-0.1, -0.05) is 30.3 Å². The summed E-state index contributed by atoms with van der Waals surface area (Å²) in [4.78, 5) is 34.7. The van der Waals surface area contributed by atoms with E-state index in [0.717, 1.165) is 48.1 Å². The largest absolute Gasteiger partial charge is 0.461 e. The van der Waals surface area contributed by atoms with Crippen molar-refractivity contribution in [3.8, 4) is 6.19 Å². The number of aryl methyl sites for hydroxylation is 1. The number of piperidine rings is 1. The first-order chi connectivity index (χ1) is 19.0. The molecule has 3 heterocycles. The average Bonchev–Trinajstić information content (AvgIpc) is 3.24. The monoisotopic (exact) mass is 526 g/mol. The van der Waals surface area contributed by atoms with Crippen molar-refractivity contribution in [3.05, 3.63) is 65.9 Å². The molecule has 1 atom stereocenters. The fourth-order valence-electron chi connectivity index (χ4n) is 5.51. The number of amides is 2. The minimum atomic E-state index is -0.674. The highest BCUT2D eigenvalue weighted by atomic mass is 16.3. The van der Waals surface area contributed by atoms with Gasteiger partial charge in [-0.05, 0) is 74.8 Å². The number of nitrogens with one attached hydrogen (secondary N) is 2. The van der Waals surface area contributed by atoms with Gasteiger partial charge in [0.25, 0.3) is 0 Å². The van der Waals surface area contributed by atoms with Gasteiger partial charge in [0.1, 0.15) is 17.4 Å². The van der Waals surface area contributed by atoms with Gasteiger partial charge in [0.2, 0.25) is 17.8 Å². The lowest BCUT2D eigenvalue weighted by Crippen LogP contribution is -2.47. The highest BCUT2D eigenvalue weighted by Crippen LogP contribution is 2.28. The molecule has 202 valence electrons. The molecule has 2 aliphatic heterocycles. The standard InChI is InChI=1S/C30H34N6O3/c1-21-17-24-18-25(10-11-27(24)39-21)33-30(32-20-31)34-26-9-5-6-14-36(29(26)38)19-28(37)35-15-12-23(13-16-35)22-7-3-2-4-8-22/h2-4,7-8,10-11,17-18,23,26H,5-6,9,12-16,19H2,1H3,(H2,32,33,34). The third-order valence-corrected chi connectivity index (χ3v) is 7.56. The number of benzene rings is 2. The van der Waals surface area contributed by atoms with Crippen LogP contribution in [0.2, 0.25) is 0 Å². The number of guanidine groups is 1. The van der Waals surface area contributed by atoms with E-state index in [0.29, 0.717) is 32.0 Å². The smallest absolute Gasteiger partial charge is 0.247 e. The van der Waals surface area contributed by atoms with Crippen molar-refractivity contribution >= 4 is 34.4 Å². The SMILES string of the molecule is Cc1cc2cc(NC(=NC3CCCCN(CC(=O)N4CCC(c5ccccc5)CC4)C3=O)NC#N)ccc2o1. The molecule has 0 radical (unpaired) electrons. The number of nitriles is 1. The lowest BCUT2D eigenvalue weighted by atomic mass is 9.89. The number of hydrogen-bond acceptors (Lipinski definition) is 5. The molecule has 39 heavy (non-hydrogen) atoms. The summed E-state index contributed by atoms with van der Waals surface area (Å²) in [5.74, 6) is 1.28. The molecular formula is C30H34N6O3. The summed E-state index contributed by atoms with van der Waals surface area (Å²) in [5, 5.41) is 15.9. The summed E-state index contributed by atoms with van der Waals surface area (Å²) < 4.78 is 5.63. The molecular weight excluding hydrogens is 492 g/mol. The van der Waals surface area contributed by atoms with E-state index >= 15 is 0 Å². The van der Waals surface area contributed by atoms with E-state index in [2.05, 4.69) is 39.9 Å². The number of furan rings is 1. The summed E-state index contributed by atoms with van der Waals surface area (Å²) in [5.41, 5.74) is 2.81. The molecule has 2 aliphatic rings. The number of carbonyl (C=O) groups excluding carboxylic acids is 2. The molecule has 2 aromatic carbocycles. The first-order valence-corrected chi connectivity index (χ1v) is 13.6. The molecule has 2 saturated heterocycles. The zero-order chi connectivity index (χ0) is 27.2. The minimum absolute atomic E-state index is 0.0169. The second-order valence-corrected chi connectivity index (χ2v) is 10.3. The highest BCUT2D eigenvalue weighted by molar-refractivity contribution is 5.98. The van der Waals surface area contributed by atoms with Crippen molar-refractivity contribution in [3.63, 3.8) is 0 Å². The number of rotatable bonds is 5. The first-order valence-electron chi connectivity index (χ1n) is 13.6. The summed E-state index contributed by atoms with van der Waals surface area (Å²) in [6, 6.07) is 17.3. The molecule has 2 fully saturated rings.